The monoisotopic (exact) mass is 349 g/mol. The van der Waals surface area contributed by atoms with Crippen molar-refractivity contribution >= 4 is 48.4 Å². The normalized spacial score (nSPS) is 10.4. The van der Waals surface area contributed by atoms with E-state index in [1.54, 1.807) is 0 Å². The van der Waals surface area contributed by atoms with Crippen LogP contribution < -0.4 is 0 Å². The predicted octanol–water partition coefficient (Wildman–Crippen LogP) is 3.95. The molecule has 1 aromatic carbocycles. The first-order valence-electron chi connectivity index (χ1n) is 5.08. The van der Waals surface area contributed by atoms with E-state index in [-0.39, 0.29) is 45.1 Å². The van der Waals surface area contributed by atoms with Crippen molar-refractivity contribution in [2.75, 3.05) is 0 Å². The zero-order valence-electron chi connectivity index (χ0n) is 11.6. The van der Waals surface area contributed by atoms with E-state index in [4.69, 9.17) is 0 Å². The molecule has 0 unspecified atom stereocenters. The standard InChI is InChI=1S/C6H3F2.C6H16OSi.BrH.Mg/c7-5-2-1-3-6(8)4-5;1-6(2,3)8(4,5)7;;/h2-4H;7H,1-5H3;1H;/q-1;;;+2. The summed E-state index contributed by atoms with van der Waals surface area (Å²) < 4.78 is 23.8. The van der Waals surface area contributed by atoms with Crippen molar-refractivity contribution < 1.29 is 13.6 Å². The van der Waals surface area contributed by atoms with E-state index in [1.807, 2.05) is 13.1 Å². The summed E-state index contributed by atoms with van der Waals surface area (Å²) in [5.74, 6) is -1.19. The molecule has 0 heterocycles. The third-order valence-corrected chi connectivity index (χ3v) is 6.22. The fourth-order valence-corrected chi connectivity index (χ4v) is 0.416. The van der Waals surface area contributed by atoms with Crippen molar-refractivity contribution in [1.29, 1.82) is 0 Å². The van der Waals surface area contributed by atoms with E-state index in [1.165, 1.54) is 0 Å². The summed E-state index contributed by atoms with van der Waals surface area (Å²) in [7, 11) is -1.86. The number of rotatable bonds is 0. The van der Waals surface area contributed by atoms with Gasteiger partial charge in [-0.1, -0.05) is 20.8 Å². The Hall–Kier alpha value is 0.503. The van der Waals surface area contributed by atoms with Gasteiger partial charge in [0.05, 0.1) is 0 Å². The average Bonchev–Trinajstić information content (AvgIpc) is 2.00. The van der Waals surface area contributed by atoms with Crippen molar-refractivity contribution in [2.24, 2.45) is 0 Å². The average molecular weight is 351 g/mol. The van der Waals surface area contributed by atoms with Gasteiger partial charge in [0.15, 0.2) is 8.32 Å². The van der Waals surface area contributed by atoms with Crippen LogP contribution in [0.1, 0.15) is 20.8 Å². The Morgan fingerprint density at radius 3 is 1.50 bits per heavy atom. The molecular weight excluding hydrogens is 330 g/mol. The summed E-state index contributed by atoms with van der Waals surface area (Å²) >= 11 is 0. The Morgan fingerprint density at radius 2 is 1.39 bits per heavy atom. The Bertz CT molecular complexity index is 308. The van der Waals surface area contributed by atoms with Gasteiger partial charge in [0.2, 0.25) is 0 Å². The number of hydrogen-bond acceptors (Lipinski definition) is 1. The molecule has 100 valence electrons. The molecule has 0 atom stereocenters. The molecule has 0 fully saturated rings. The Labute approximate surface area is 136 Å². The molecule has 0 radical (unpaired) electrons. The third-order valence-electron chi connectivity index (χ3n) is 2.55. The molecule has 1 N–H and O–H groups in total. The van der Waals surface area contributed by atoms with E-state index in [2.05, 4.69) is 26.8 Å². The van der Waals surface area contributed by atoms with Gasteiger partial charge in [0.1, 0.15) is 0 Å². The van der Waals surface area contributed by atoms with Gasteiger partial charge >= 0.3 is 23.1 Å². The Kier molecular flexibility index (Phi) is 12.3. The minimum atomic E-state index is -1.86. The molecule has 1 nitrogen and oxygen atoms in total. The van der Waals surface area contributed by atoms with Crippen LogP contribution in [0, 0.1) is 17.7 Å². The molecule has 6 heteroatoms. The molecule has 0 aliphatic heterocycles. The summed E-state index contributed by atoms with van der Waals surface area (Å²) in [6, 6.07) is 5.23. The van der Waals surface area contributed by atoms with E-state index in [9.17, 15) is 13.6 Å². The molecule has 0 saturated heterocycles. The molecule has 0 saturated carbocycles. The van der Waals surface area contributed by atoms with E-state index >= 15 is 0 Å². The summed E-state index contributed by atoms with van der Waals surface area (Å²) in [5.41, 5.74) is 0. The van der Waals surface area contributed by atoms with Crippen molar-refractivity contribution in [3.63, 3.8) is 0 Å². The Balaban J connectivity index is -0.000000225. The van der Waals surface area contributed by atoms with Gasteiger partial charge in [-0.3, -0.25) is 8.78 Å². The van der Waals surface area contributed by atoms with Crippen LogP contribution in [0.3, 0.4) is 0 Å². The van der Waals surface area contributed by atoms with E-state index in [0.29, 0.717) is 0 Å². The molecule has 0 amide bonds. The van der Waals surface area contributed by atoms with Crippen molar-refractivity contribution in [2.45, 2.75) is 38.9 Å². The number of halogens is 3. The summed E-state index contributed by atoms with van der Waals surface area (Å²) in [4.78, 5) is 9.49. The second kappa shape index (κ2) is 9.41. The van der Waals surface area contributed by atoms with Crippen LogP contribution in [-0.2, 0) is 0 Å². The van der Waals surface area contributed by atoms with Crippen LogP contribution in [0.25, 0.3) is 0 Å². The number of benzene rings is 1. The molecule has 0 aliphatic carbocycles. The van der Waals surface area contributed by atoms with Crippen LogP contribution in [0.4, 0.5) is 8.78 Å². The van der Waals surface area contributed by atoms with Crippen LogP contribution in [-0.4, -0.2) is 36.2 Å². The van der Waals surface area contributed by atoms with Crippen LogP contribution >= 0.6 is 17.0 Å². The SMILES string of the molecule is Br.CC(C)(C)[Si](C)(C)O.Fc1c[c-]cc(F)c1.[Mg+2]. The second-order valence-electron chi connectivity index (χ2n) is 5.18. The maximum atomic E-state index is 11.9. The summed E-state index contributed by atoms with van der Waals surface area (Å²) in [5, 5.41) is 0.132. The molecule has 0 aromatic heterocycles. The first-order chi connectivity index (χ1) is 7.04. The van der Waals surface area contributed by atoms with Gasteiger partial charge in [-0.2, -0.15) is 6.07 Å². The maximum Gasteiger partial charge on any atom is 2.00 e. The first kappa shape index (κ1) is 23.6. The fraction of sp³-hybridized carbons (Fsp3) is 0.500. The van der Waals surface area contributed by atoms with E-state index in [0.717, 1.165) is 18.2 Å². The van der Waals surface area contributed by atoms with Gasteiger partial charge in [-0.25, -0.2) is 0 Å². The largest absolute Gasteiger partial charge is 2.00 e. The maximum absolute atomic E-state index is 11.9. The van der Waals surface area contributed by atoms with Gasteiger partial charge in [-0.15, -0.1) is 35.2 Å². The molecule has 0 bridgehead atoms. The molecular formula is C12H20BrF2MgOSi+. The second-order valence-corrected chi connectivity index (χ2v) is 9.80. The van der Waals surface area contributed by atoms with E-state index < -0.39 is 20.0 Å². The zero-order valence-corrected chi connectivity index (χ0v) is 15.7. The fourth-order valence-electron chi connectivity index (χ4n) is 0.416. The molecule has 0 aliphatic rings. The Morgan fingerprint density at radius 1 is 1.11 bits per heavy atom. The minimum absolute atomic E-state index is 0. The van der Waals surface area contributed by atoms with Gasteiger partial charge in [0, 0.05) is 11.6 Å². The van der Waals surface area contributed by atoms with Gasteiger partial charge < -0.3 is 4.80 Å². The summed E-state index contributed by atoms with van der Waals surface area (Å²) in [6.07, 6.45) is 0. The molecule has 1 rings (SSSR count). The van der Waals surface area contributed by atoms with Crippen molar-refractivity contribution in [3.8, 4) is 0 Å². The predicted molar refractivity (Wildman–Crippen MR) is 80.7 cm³/mol. The van der Waals surface area contributed by atoms with Crippen LogP contribution in [0.2, 0.25) is 18.1 Å². The topological polar surface area (TPSA) is 20.2 Å². The van der Waals surface area contributed by atoms with Gasteiger partial charge in [0.25, 0.3) is 0 Å². The minimum Gasteiger partial charge on any atom is -0.432 e. The quantitative estimate of drug-likeness (QED) is 0.555. The third kappa shape index (κ3) is 10.4. The van der Waals surface area contributed by atoms with Crippen molar-refractivity contribution in [1.82, 2.24) is 0 Å². The smallest absolute Gasteiger partial charge is 0.432 e. The zero-order chi connectivity index (χ0) is 13.0. The van der Waals surface area contributed by atoms with Crippen molar-refractivity contribution in [3.05, 3.63) is 35.9 Å². The molecule has 0 spiro atoms. The van der Waals surface area contributed by atoms with Gasteiger partial charge in [-0.05, 0) is 18.1 Å². The molecule has 1 aromatic rings. The van der Waals surface area contributed by atoms with Crippen LogP contribution in [0.5, 0.6) is 0 Å². The summed E-state index contributed by atoms with van der Waals surface area (Å²) in [6.45, 7) is 10.2. The van der Waals surface area contributed by atoms with Crippen LogP contribution in [0.15, 0.2) is 18.2 Å². The molecule has 18 heavy (non-hydrogen) atoms. The first-order valence-corrected chi connectivity index (χ1v) is 8.03. The number of hydrogen-bond donors (Lipinski definition) is 1.